The number of amides is 3. The maximum atomic E-state index is 11.8. The zero-order chi connectivity index (χ0) is 13.4. The number of nitrogens with zero attached hydrogens (tertiary/aromatic N) is 2. The molecule has 6 nitrogen and oxygen atoms in total. The summed E-state index contributed by atoms with van der Waals surface area (Å²) in [5.74, 6) is 0.331. The number of hydrogen-bond acceptors (Lipinski definition) is 3. The third kappa shape index (κ3) is 1.95. The highest BCUT2D eigenvalue weighted by Gasteiger charge is 2.27. The molecule has 2 N–H and O–H groups in total. The number of imide groups is 1. The molecule has 1 aromatic carbocycles. The molecule has 19 heavy (non-hydrogen) atoms. The van der Waals surface area contributed by atoms with Crippen molar-refractivity contribution in [2.45, 2.75) is 19.8 Å². The molecule has 0 aliphatic carbocycles. The highest BCUT2D eigenvalue weighted by atomic mass is 16.2. The highest BCUT2D eigenvalue weighted by molar-refractivity contribution is 6.08. The summed E-state index contributed by atoms with van der Waals surface area (Å²) in [6.07, 6.45) is 1.25. The molecular weight excluding hydrogens is 244 g/mol. The van der Waals surface area contributed by atoms with Crippen molar-refractivity contribution in [2.75, 3.05) is 11.4 Å². The summed E-state index contributed by atoms with van der Waals surface area (Å²) in [6, 6.07) is 5.59. The number of H-pyrrole nitrogens is 1. The number of carbonyl (C=O) groups excluding carboxylic acids is 2. The molecule has 3 rings (SSSR count). The minimum Gasteiger partial charge on any atom is -0.278 e. The first kappa shape index (κ1) is 11.7. The number of aromatic amines is 1. The van der Waals surface area contributed by atoms with Gasteiger partial charge in [0.2, 0.25) is 5.91 Å². The van der Waals surface area contributed by atoms with Crippen LogP contribution in [0.25, 0.3) is 10.9 Å². The van der Waals surface area contributed by atoms with Gasteiger partial charge in [0.25, 0.3) is 0 Å². The lowest BCUT2D eigenvalue weighted by Gasteiger charge is -2.24. The molecule has 0 radical (unpaired) electrons. The van der Waals surface area contributed by atoms with Gasteiger partial charge in [-0.1, -0.05) is 13.0 Å². The van der Waals surface area contributed by atoms with E-state index < -0.39 is 6.03 Å². The van der Waals surface area contributed by atoms with Gasteiger partial charge in [-0.25, -0.2) is 4.79 Å². The summed E-state index contributed by atoms with van der Waals surface area (Å²) in [6.45, 7) is 2.45. The molecule has 0 atom stereocenters. The molecule has 0 unspecified atom stereocenters. The first-order chi connectivity index (χ1) is 9.19. The van der Waals surface area contributed by atoms with Crippen molar-refractivity contribution in [1.82, 2.24) is 15.5 Å². The predicted octanol–water partition coefficient (Wildman–Crippen LogP) is 1.57. The normalized spacial score (nSPS) is 15.9. The molecule has 3 amide bonds. The Morgan fingerprint density at radius 2 is 2.21 bits per heavy atom. The minimum absolute atomic E-state index is 0.241. The lowest BCUT2D eigenvalue weighted by atomic mass is 10.1. The number of aryl methyl sites for hydroxylation is 1. The van der Waals surface area contributed by atoms with E-state index in [0.717, 1.165) is 17.3 Å². The van der Waals surface area contributed by atoms with Crippen LogP contribution >= 0.6 is 0 Å². The average molecular weight is 258 g/mol. The first-order valence-corrected chi connectivity index (χ1v) is 6.27. The van der Waals surface area contributed by atoms with Crippen LogP contribution in [-0.2, 0) is 11.2 Å². The molecule has 2 heterocycles. The molecule has 1 saturated heterocycles. The van der Waals surface area contributed by atoms with Crippen LogP contribution in [0.3, 0.4) is 0 Å². The molecule has 1 aliphatic rings. The molecule has 1 aromatic heterocycles. The lowest BCUT2D eigenvalue weighted by molar-refractivity contribution is -0.120. The second-order valence-corrected chi connectivity index (χ2v) is 4.54. The Bertz CT molecular complexity index is 662. The van der Waals surface area contributed by atoms with Gasteiger partial charge in [0.05, 0.1) is 5.52 Å². The fourth-order valence-corrected chi connectivity index (χ4v) is 2.24. The Labute approximate surface area is 109 Å². The van der Waals surface area contributed by atoms with E-state index in [9.17, 15) is 9.59 Å². The summed E-state index contributed by atoms with van der Waals surface area (Å²) < 4.78 is 0. The zero-order valence-electron chi connectivity index (χ0n) is 10.6. The molecule has 0 spiro atoms. The molecule has 0 bridgehead atoms. The number of aromatic nitrogens is 2. The van der Waals surface area contributed by atoms with Gasteiger partial charge in [0.15, 0.2) is 5.82 Å². The Kier molecular flexibility index (Phi) is 2.70. The quantitative estimate of drug-likeness (QED) is 0.858. The second-order valence-electron chi connectivity index (χ2n) is 4.54. The second kappa shape index (κ2) is 4.38. The van der Waals surface area contributed by atoms with Gasteiger partial charge in [-0.15, -0.1) is 0 Å². The smallest absolute Gasteiger partial charge is 0.278 e. The van der Waals surface area contributed by atoms with Gasteiger partial charge < -0.3 is 0 Å². The van der Waals surface area contributed by atoms with Crippen molar-refractivity contribution in [1.29, 1.82) is 0 Å². The van der Waals surface area contributed by atoms with Crippen LogP contribution in [0.4, 0.5) is 10.6 Å². The summed E-state index contributed by atoms with van der Waals surface area (Å²) in [4.78, 5) is 24.5. The fourth-order valence-electron chi connectivity index (χ4n) is 2.24. The Morgan fingerprint density at radius 3 is 2.95 bits per heavy atom. The van der Waals surface area contributed by atoms with Crippen LogP contribution < -0.4 is 10.2 Å². The minimum atomic E-state index is -0.413. The Morgan fingerprint density at radius 1 is 1.37 bits per heavy atom. The number of urea groups is 1. The van der Waals surface area contributed by atoms with Crippen molar-refractivity contribution in [3.8, 4) is 0 Å². The summed E-state index contributed by atoms with van der Waals surface area (Å²) in [5.41, 5.74) is 2.11. The maximum absolute atomic E-state index is 11.8. The molecule has 98 valence electrons. The molecule has 6 heteroatoms. The van der Waals surface area contributed by atoms with Gasteiger partial charge in [0, 0.05) is 18.4 Å². The van der Waals surface area contributed by atoms with E-state index in [-0.39, 0.29) is 5.91 Å². The van der Waals surface area contributed by atoms with E-state index in [1.165, 1.54) is 10.5 Å². The van der Waals surface area contributed by atoms with E-state index in [1.54, 1.807) is 0 Å². The number of hydrogen-bond donors (Lipinski definition) is 2. The number of nitrogens with one attached hydrogen (secondary N) is 2. The van der Waals surface area contributed by atoms with Gasteiger partial charge >= 0.3 is 6.03 Å². The van der Waals surface area contributed by atoms with Crippen LogP contribution in [0.5, 0.6) is 0 Å². The summed E-state index contributed by atoms with van der Waals surface area (Å²) >= 11 is 0. The van der Waals surface area contributed by atoms with Crippen LogP contribution in [-0.4, -0.2) is 28.7 Å². The third-order valence-electron chi connectivity index (χ3n) is 3.33. The van der Waals surface area contributed by atoms with E-state index in [2.05, 4.69) is 22.4 Å². The van der Waals surface area contributed by atoms with Crippen LogP contribution in [0.15, 0.2) is 18.2 Å². The van der Waals surface area contributed by atoms with Crippen molar-refractivity contribution >= 4 is 28.7 Å². The Hall–Kier alpha value is -2.37. The van der Waals surface area contributed by atoms with Gasteiger partial charge in [-0.2, -0.15) is 5.10 Å². The topological polar surface area (TPSA) is 78.1 Å². The monoisotopic (exact) mass is 258 g/mol. The molecule has 2 aromatic rings. The van der Waals surface area contributed by atoms with E-state index in [0.29, 0.717) is 18.8 Å². The van der Waals surface area contributed by atoms with Crippen molar-refractivity contribution < 1.29 is 9.59 Å². The fraction of sp³-hybridized carbons (Fsp3) is 0.308. The molecule has 1 fully saturated rings. The largest absolute Gasteiger partial charge is 0.329 e. The predicted molar refractivity (Wildman–Crippen MR) is 71.0 cm³/mol. The molecular formula is C13H14N4O2. The molecule has 1 aliphatic heterocycles. The lowest BCUT2D eigenvalue weighted by Crippen LogP contribution is -2.49. The highest BCUT2D eigenvalue weighted by Crippen LogP contribution is 2.26. The van der Waals surface area contributed by atoms with Gasteiger partial charge in [-0.05, 0) is 24.1 Å². The van der Waals surface area contributed by atoms with E-state index >= 15 is 0 Å². The SMILES string of the molecule is CCc1ccc2c(N3CCC(=O)NC3=O)n[nH]c2c1. The van der Waals surface area contributed by atoms with Gasteiger partial charge in [-0.3, -0.25) is 20.1 Å². The zero-order valence-corrected chi connectivity index (χ0v) is 10.6. The first-order valence-electron chi connectivity index (χ1n) is 6.27. The van der Waals surface area contributed by atoms with Crippen molar-refractivity contribution in [2.24, 2.45) is 0 Å². The number of fused-ring (bicyclic) bond motifs is 1. The Balaban J connectivity index is 2.01. The maximum Gasteiger partial charge on any atom is 0.329 e. The van der Waals surface area contributed by atoms with Crippen LogP contribution in [0, 0.1) is 0 Å². The summed E-state index contributed by atoms with van der Waals surface area (Å²) in [5, 5.41) is 10.3. The standard InChI is InChI=1S/C13H14N4O2/c1-2-8-3-4-9-10(7-8)15-16-12(9)17-6-5-11(18)14-13(17)19/h3-4,7H,2,5-6H2,1H3,(H,15,16)(H,14,18,19). The number of carbonyl (C=O) groups is 2. The number of rotatable bonds is 2. The van der Waals surface area contributed by atoms with Gasteiger partial charge in [0.1, 0.15) is 0 Å². The van der Waals surface area contributed by atoms with E-state index in [1.807, 2.05) is 18.2 Å². The van der Waals surface area contributed by atoms with Crippen LogP contribution in [0.1, 0.15) is 18.9 Å². The molecule has 0 saturated carbocycles. The van der Waals surface area contributed by atoms with Crippen molar-refractivity contribution in [3.05, 3.63) is 23.8 Å². The van der Waals surface area contributed by atoms with Crippen molar-refractivity contribution in [3.63, 3.8) is 0 Å². The summed E-state index contributed by atoms with van der Waals surface area (Å²) in [7, 11) is 0. The third-order valence-corrected chi connectivity index (χ3v) is 3.33. The van der Waals surface area contributed by atoms with Crippen LogP contribution in [0.2, 0.25) is 0 Å². The number of anilines is 1. The van der Waals surface area contributed by atoms with E-state index in [4.69, 9.17) is 0 Å². The average Bonchev–Trinajstić information content (AvgIpc) is 2.81. The number of benzene rings is 1.